The number of thiazole rings is 1. The molecular weight excluding hydrogens is 394 g/mol. The van der Waals surface area contributed by atoms with Crippen LogP contribution < -0.4 is 14.3 Å². The van der Waals surface area contributed by atoms with E-state index in [1.807, 2.05) is 36.4 Å². The molecule has 0 amide bonds. The molecule has 0 unspecified atom stereocenters. The Morgan fingerprint density at radius 3 is 2.57 bits per heavy atom. The monoisotopic (exact) mass is 413 g/mol. The van der Waals surface area contributed by atoms with Crippen LogP contribution in [0.1, 0.15) is 11.1 Å². The first-order valence-corrected chi connectivity index (χ1v) is 10.5. The standard InChI is InChI=1S/C24H19N3O2S/c1-17-7-10-19(11-8-17)21-15-30-24(27(21)20-5-3-2-4-6-20)26-25-14-18-9-12-22-23(13-18)29-16-28-22/h2-15H,16H2,1H3. The smallest absolute Gasteiger partial charge is 0.231 e. The fourth-order valence-electron chi connectivity index (χ4n) is 3.27. The second kappa shape index (κ2) is 8.00. The van der Waals surface area contributed by atoms with Crippen molar-refractivity contribution in [2.45, 2.75) is 6.92 Å². The summed E-state index contributed by atoms with van der Waals surface area (Å²) < 4.78 is 12.9. The number of nitrogens with zero attached hydrogens (tertiary/aromatic N) is 3. The van der Waals surface area contributed by atoms with Gasteiger partial charge in [0, 0.05) is 11.1 Å². The quantitative estimate of drug-likeness (QED) is 0.342. The Morgan fingerprint density at radius 1 is 0.933 bits per heavy atom. The maximum atomic E-state index is 5.42. The minimum Gasteiger partial charge on any atom is -0.454 e. The molecule has 0 radical (unpaired) electrons. The van der Waals surface area contributed by atoms with Crippen molar-refractivity contribution >= 4 is 17.6 Å². The first-order valence-electron chi connectivity index (χ1n) is 9.58. The van der Waals surface area contributed by atoms with Gasteiger partial charge in [-0.25, -0.2) is 0 Å². The zero-order valence-corrected chi connectivity index (χ0v) is 17.2. The minimum atomic E-state index is 0.258. The van der Waals surface area contributed by atoms with Gasteiger partial charge in [0.05, 0.1) is 11.9 Å². The van der Waals surface area contributed by atoms with E-state index in [-0.39, 0.29) is 6.79 Å². The Hall–Kier alpha value is -3.64. The molecule has 0 spiro atoms. The molecule has 30 heavy (non-hydrogen) atoms. The lowest BCUT2D eigenvalue weighted by Crippen LogP contribution is -2.13. The molecule has 5 rings (SSSR count). The Balaban J connectivity index is 1.55. The highest BCUT2D eigenvalue weighted by Crippen LogP contribution is 2.32. The van der Waals surface area contributed by atoms with Gasteiger partial charge in [-0.3, -0.25) is 4.57 Å². The summed E-state index contributed by atoms with van der Waals surface area (Å²) in [7, 11) is 0. The topological polar surface area (TPSA) is 48.1 Å². The molecule has 0 atom stereocenters. The highest BCUT2D eigenvalue weighted by Gasteiger charge is 2.12. The lowest BCUT2D eigenvalue weighted by Gasteiger charge is -2.09. The predicted octanol–water partition coefficient (Wildman–Crippen LogP) is 5.18. The molecule has 0 N–H and O–H groups in total. The summed E-state index contributed by atoms with van der Waals surface area (Å²) >= 11 is 1.56. The second-order valence-electron chi connectivity index (χ2n) is 6.90. The van der Waals surface area contributed by atoms with Gasteiger partial charge in [-0.05, 0) is 48.4 Å². The van der Waals surface area contributed by atoms with Crippen LogP contribution in [0.15, 0.2) is 88.4 Å². The third kappa shape index (κ3) is 3.65. The van der Waals surface area contributed by atoms with Crippen molar-refractivity contribution in [3.05, 3.63) is 94.1 Å². The summed E-state index contributed by atoms with van der Waals surface area (Å²) in [4.78, 5) is 0.800. The zero-order chi connectivity index (χ0) is 20.3. The number of ether oxygens (including phenoxy) is 2. The third-order valence-corrected chi connectivity index (χ3v) is 5.63. The van der Waals surface area contributed by atoms with Gasteiger partial charge in [0.15, 0.2) is 11.5 Å². The summed E-state index contributed by atoms with van der Waals surface area (Å²) in [6, 6.07) is 24.4. The van der Waals surface area contributed by atoms with Gasteiger partial charge in [0.1, 0.15) is 0 Å². The molecule has 3 aromatic carbocycles. The summed E-state index contributed by atoms with van der Waals surface area (Å²) in [6.07, 6.45) is 1.72. The van der Waals surface area contributed by atoms with Crippen LogP contribution in [0.25, 0.3) is 16.9 Å². The number of para-hydroxylation sites is 1. The van der Waals surface area contributed by atoms with Crippen molar-refractivity contribution in [2.24, 2.45) is 10.2 Å². The van der Waals surface area contributed by atoms with Crippen LogP contribution in [0.3, 0.4) is 0 Å². The molecule has 1 aliphatic rings. The van der Waals surface area contributed by atoms with E-state index < -0.39 is 0 Å². The predicted molar refractivity (Wildman–Crippen MR) is 120 cm³/mol. The maximum absolute atomic E-state index is 5.42. The molecule has 0 aliphatic carbocycles. The summed E-state index contributed by atoms with van der Waals surface area (Å²) in [5.41, 5.74) is 5.42. The fraction of sp³-hybridized carbons (Fsp3) is 0.0833. The van der Waals surface area contributed by atoms with E-state index in [2.05, 4.69) is 63.5 Å². The second-order valence-corrected chi connectivity index (χ2v) is 7.73. The lowest BCUT2D eigenvalue weighted by atomic mass is 10.1. The Bertz CT molecular complexity index is 1270. The molecule has 0 bridgehead atoms. The van der Waals surface area contributed by atoms with E-state index >= 15 is 0 Å². The first kappa shape index (κ1) is 18.4. The van der Waals surface area contributed by atoms with E-state index in [1.165, 1.54) is 5.56 Å². The average molecular weight is 414 g/mol. The molecule has 0 saturated heterocycles. The van der Waals surface area contributed by atoms with Gasteiger partial charge in [-0.1, -0.05) is 48.0 Å². The molecule has 0 fully saturated rings. The highest BCUT2D eigenvalue weighted by molar-refractivity contribution is 7.07. The van der Waals surface area contributed by atoms with Gasteiger partial charge >= 0.3 is 0 Å². The average Bonchev–Trinajstić information content (AvgIpc) is 3.42. The number of hydrogen-bond donors (Lipinski definition) is 0. The Labute approximate surface area is 178 Å². The SMILES string of the molecule is Cc1ccc(-c2csc(=NN=Cc3ccc4c(c3)OCO4)n2-c2ccccc2)cc1. The van der Waals surface area contributed by atoms with E-state index in [4.69, 9.17) is 9.47 Å². The normalized spacial score (nSPS) is 13.3. The molecule has 2 heterocycles. The van der Waals surface area contributed by atoms with Gasteiger partial charge in [0.2, 0.25) is 11.6 Å². The Morgan fingerprint density at radius 2 is 1.73 bits per heavy atom. The van der Waals surface area contributed by atoms with Crippen LogP contribution >= 0.6 is 11.3 Å². The number of aromatic nitrogens is 1. The summed E-state index contributed by atoms with van der Waals surface area (Å²) in [5, 5.41) is 11.0. The van der Waals surface area contributed by atoms with Crippen LogP contribution in [0.4, 0.5) is 0 Å². The van der Waals surface area contributed by atoms with E-state index in [9.17, 15) is 0 Å². The minimum absolute atomic E-state index is 0.258. The van der Waals surface area contributed by atoms with Crippen LogP contribution in [0.2, 0.25) is 0 Å². The van der Waals surface area contributed by atoms with Crippen LogP contribution in [0.5, 0.6) is 11.5 Å². The summed E-state index contributed by atoms with van der Waals surface area (Å²) in [6.45, 7) is 2.35. The molecule has 4 aromatic rings. The van der Waals surface area contributed by atoms with Crippen molar-refractivity contribution in [1.82, 2.24) is 4.57 Å². The van der Waals surface area contributed by atoms with Crippen molar-refractivity contribution < 1.29 is 9.47 Å². The van der Waals surface area contributed by atoms with Crippen LogP contribution in [-0.2, 0) is 0 Å². The van der Waals surface area contributed by atoms with E-state index in [0.29, 0.717) is 0 Å². The molecule has 6 heteroatoms. The molecule has 5 nitrogen and oxygen atoms in total. The number of aryl methyl sites for hydroxylation is 1. The van der Waals surface area contributed by atoms with Crippen LogP contribution in [0, 0.1) is 6.92 Å². The van der Waals surface area contributed by atoms with Crippen molar-refractivity contribution in [1.29, 1.82) is 0 Å². The molecular formula is C24H19N3O2S. The number of hydrogen-bond acceptors (Lipinski definition) is 5. The molecule has 1 aromatic heterocycles. The van der Waals surface area contributed by atoms with Gasteiger partial charge in [-0.2, -0.15) is 5.10 Å². The van der Waals surface area contributed by atoms with Crippen LogP contribution in [-0.4, -0.2) is 17.6 Å². The van der Waals surface area contributed by atoms with Crippen molar-refractivity contribution in [2.75, 3.05) is 6.79 Å². The first-order chi connectivity index (χ1) is 14.8. The third-order valence-electron chi connectivity index (χ3n) is 4.82. The van der Waals surface area contributed by atoms with Gasteiger partial charge in [0.25, 0.3) is 0 Å². The molecule has 148 valence electrons. The van der Waals surface area contributed by atoms with Gasteiger partial charge < -0.3 is 9.47 Å². The number of benzene rings is 3. The summed E-state index contributed by atoms with van der Waals surface area (Å²) in [5.74, 6) is 1.49. The van der Waals surface area contributed by atoms with Gasteiger partial charge in [-0.15, -0.1) is 16.4 Å². The largest absolute Gasteiger partial charge is 0.454 e. The maximum Gasteiger partial charge on any atom is 0.231 e. The van der Waals surface area contributed by atoms with Crippen molar-refractivity contribution in [3.8, 4) is 28.4 Å². The molecule has 0 saturated carbocycles. The van der Waals surface area contributed by atoms with Crippen molar-refractivity contribution in [3.63, 3.8) is 0 Å². The number of rotatable bonds is 4. The van der Waals surface area contributed by atoms with E-state index in [0.717, 1.165) is 38.8 Å². The van der Waals surface area contributed by atoms with E-state index in [1.54, 1.807) is 17.6 Å². The molecule has 1 aliphatic heterocycles. The lowest BCUT2D eigenvalue weighted by molar-refractivity contribution is 0.174. The zero-order valence-electron chi connectivity index (χ0n) is 16.4. The fourth-order valence-corrected chi connectivity index (χ4v) is 4.13. The highest BCUT2D eigenvalue weighted by atomic mass is 32.1. The number of fused-ring (bicyclic) bond motifs is 1. The Kier molecular flexibility index (Phi) is 4.91.